The van der Waals surface area contributed by atoms with E-state index in [1.807, 2.05) is 0 Å². The fourth-order valence-electron chi connectivity index (χ4n) is 0.582. The third kappa shape index (κ3) is 1.19. The number of aryl methyl sites for hydroxylation is 1. The SMILES string of the molecule is Cc1cc(Cl)c(F)c[n+]1[O-]. The van der Waals surface area contributed by atoms with Gasteiger partial charge in [0.2, 0.25) is 12.0 Å². The Balaban J connectivity index is 3.28. The smallest absolute Gasteiger partial charge is 0.217 e. The zero-order valence-corrected chi connectivity index (χ0v) is 6.02. The Morgan fingerprint density at radius 3 is 2.80 bits per heavy atom. The minimum Gasteiger partial charge on any atom is -0.618 e. The van der Waals surface area contributed by atoms with Crippen molar-refractivity contribution in [3.63, 3.8) is 0 Å². The second-order valence-electron chi connectivity index (χ2n) is 1.94. The van der Waals surface area contributed by atoms with E-state index in [0.29, 0.717) is 10.4 Å². The quantitative estimate of drug-likeness (QED) is 0.418. The maximum absolute atomic E-state index is 12.4. The summed E-state index contributed by atoms with van der Waals surface area (Å²) in [7, 11) is 0. The van der Waals surface area contributed by atoms with Crippen molar-refractivity contribution in [3.8, 4) is 0 Å². The standard InChI is InChI=1S/C6H5ClFNO/c1-4-2-5(7)6(8)3-9(4)10/h2-3H,1H3. The average molecular weight is 162 g/mol. The molecule has 10 heavy (non-hydrogen) atoms. The highest BCUT2D eigenvalue weighted by Gasteiger charge is 2.06. The van der Waals surface area contributed by atoms with Crippen LogP contribution in [-0.4, -0.2) is 0 Å². The van der Waals surface area contributed by atoms with Gasteiger partial charge in [0.1, 0.15) is 0 Å². The predicted octanol–water partition coefficient (Wildman–Crippen LogP) is 1.42. The van der Waals surface area contributed by atoms with Crippen LogP contribution in [0.15, 0.2) is 12.3 Å². The molecule has 0 aliphatic carbocycles. The molecule has 2 nitrogen and oxygen atoms in total. The first-order valence-corrected chi connectivity index (χ1v) is 3.04. The van der Waals surface area contributed by atoms with Crippen LogP contribution in [0.1, 0.15) is 5.69 Å². The highest BCUT2D eigenvalue weighted by molar-refractivity contribution is 6.30. The highest BCUT2D eigenvalue weighted by atomic mass is 35.5. The number of halogens is 2. The van der Waals surface area contributed by atoms with E-state index in [4.69, 9.17) is 11.6 Å². The van der Waals surface area contributed by atoms with Crippen molar-refractivity contribution in [1.82, 2.24) is 0 Å². The average Bonchev–Trinajstić information content (AvgIpc) is 1.84. The van der Waals surface area contributed by atoms with E-state index in [0.717, 1.165) is 6.20 Å². The van der Waals surface area contributed by atoms with Gasteiger partial charge in [0.05, 0.1) is 5.02 Å². The zero-order chi connectivity index (χ0) is 7.72. The number of pyridine rings is 1. The van der Waals surface area contributed by atoms with Crippen LogP contribution >= 0.6 is 11.6 Å². The summed E-state index contributed by atoms with van der Waals surface area (Å²) in [5, 5.41) is 10.6. The van der Waals surface area contributed by atoms with Crippen molar-refractivity contribution in [1.29, 1.82) is 0 Å². The monoisotopic (exact) mass is 161 g/mol. The summed E-state index contributed by atoms with van der Waals surface area (Å²) in [6.45, 7) is 1.55. The summed E-state index contributed by atoms with van der Waals surface area (Å²) in [6.07, 6.45) is 0.803. The van der Waals surface area contributed by atoms with Crippen molar-refractivity contribution in [2.24, 2.45) is 0 Å². The maximum atomic E-state index is 12.4. The highest BCUT2D eigenvalue weighted by Crippen LogP contribution is 2.11. The molecule has 4 heteroatoms. The zero-order valence-electron chi connectivity index (χ0n) is 5.27. The molecule has 0 saturated heterocycles. The predicted molar refractivity (Wildman–Crippen MR) is 35.1 cm³/mol. The van der Waals surface area contributed by atoms with E-state index in [1.165, 1.54) is 6.07 Å². The molecule has 0 amide bonds. The van der Waals surface area contributed by atoms with Crippen LogP contribution in [0.5, 0.6) is 0 Å². The first-order chi connectivity index (χ1) is 4.61. The lowest BCUT2D eigenvalue weighted by Crippen LogP contribution is -2.29. The molecule has 0 spiro atoms. The molecule has 0 radical (unpaired) electrons. The molecule has 1 heterocycles. The van der Waals surface area contributed by atoms with E-state index in [1.54, 1.807) is 6.92 Å². The van der Waals surface area contributed by atoms with Gasteiger partial charge in [-0.2, -0.15) is 9.12 Å². The van der Waals surface area contributed by atoms with Gasteiger partial charge >= 0.3 is 0 Å². The van der Waals surface area contributed by atoms with E-state index in [2.05, 4.69) is 0 Å². The first-order valence-electron chi connectivity index (χ1n) is 2.66. The van der Waals surface area contributed by atoms with Crippen molar-refractivity contribution < 1.29 is 9.12 Å². The Morgan fingerprint density at radius 1 is 1.70 bits per heavy atom. The number of hydrogen-bond donors (Lipinski definition) is 0. The summed E-state index contributed by atoms with van der Waals surface area (Å²) < 4.78 is 12.8. The van der Waals surface area contributed by atoms with E-state index >= 15 is 0 Å². The molecule has 0 N–H and O–H groups in total. The first kappa shape index (κ1) is 7.28. The largest absolute Gasteiger partial charge is 0.618 e. The Bertz CT molecular complexity index is 214. The van der Waals surface area contributed by atoms with Crippen LogP contribution in [0.2, 0.25) is 5.02 Å². The molecule has 0 aliphatic heterocycles. The fraction of sp³-hybridized carbons (Fsp3) is 0.167. The summed E-state index contributed by atoms with van der Waals surface area (Å²) >= 11 is 5.36. The van der Waals surface area contributed by atoms with Gasteiger partial charge in [-0.05, 0) is 0 Å². The van der Waals surface area contributed by atoms with Gasteiger partial charge in [-0.15, -0.1) is 0 Å². The molecule has 0 aromatic carbocycles. The molecule has 0 bridgehead atoms. The topological polar surface area (TPSA) is 26.9 Å². The van der Waals surface area contributed by atoms with Gasteiger partial charge in [-0.3, -0.25) is 0 Å². The van der Waals surface area contributed by atoms with Crippen molar-refractivity contribution in [2.45, 2.75) is 6.92 Å². The van der Waals surface area contributed by atoms with Crippen LogP contribution in [0, 0.1) is 17.9 Å². The Labute approximate surface area is 62.4 Å². The molecule has 1 rings (SSSR count). The summed E-state index contributed by atoms with van der Waals surface area (Å²) in [5.41, 5.74) is 0.381. The Hall–Kier alpha value is -0.830. The lowest BCUT2D eigenvalue weighted by atomic mass is 10.4. The third-order valence-corrected chi connectivity index (χ3v) is 1.43. The van der Waals surface area contributed by atoms with Crippen LogP contribution in [0.3, 0.4) is 0 Å². The van der Waals surface area contributed by atoms with Gasteiger partial charge in [0, 0.05) is 13.0 Å². The Kier molecular flexibility index (Phi) is 1.76. The van der Waals surface area contributed by atoms with Crippen LogP contribution < -0.4 is 4.73 Å². The Morgan fingerprint density at radius 2 is 2.30 bits per heavy atom. The fourth-order valence-corrected chi connectivity index (χ4v) is 0.789. The normalized spacial score (nSPS) is 9.90. The second-order valence-corrected chi connectivity index (χ2v) is 2.34. The van der Waals surface area contributed by atoms with Gasteiger partial charge in [-0.1, -0.05) is 11.6 Å². The van der Waals surface area contributed by atoms with Crippen molar-refractivity contribution in [3.05, 3.63) is 34.0 Å². The lowest BCUT2D eigenvalue weighted by molar-refractivity contribution is -0.614. The summed E-state index contributed by atoms with van der Waals surface area (Å²) in [6, 6.07) is 1.28. The minimum absolute atomic E-state index is 0.0235. The van der Waals surface area contributed by atoms with E-state index < -0.39 is 5.82 Å². The molecule has 54 valence electrons. The summed E-state index contributed by atoms with van der Waals surface area (Å²) in [4.78, 5) is 0. The maximum Gasteiger partial charge on any atom is 0.217 e. The van der Waals surface area contributed by atoms with Crippen molar-refractivity contribution >= 4 is 11.6 Å². The molecule has 0 aliphatic rings. The van der Waals surface area contributed by atoms with Crippen LogP contribution in [-0.2, 0) is 0 Å². The molecular weight excluding hydrogens is 157 g/mol. The van der Waals surface area contributed by atoms with Crippen LogP contribution in [0.25, 0.3) is 0 Å². The van der Waals surface area contributed by atoms with Gasteiger partial charge < -0.3 is 5.21 Å². The molecule has 0 unspecified atom stereocenters. The minimum atomic E-state index is -0.692. The van der Waals surface area contributed by atoms with E-state index in [9.17, 15) is 9.60 Å². The number of hydrogen-bond acceptors (Lipinski definition) is 1. The molecule has 0 atom stereocenters. The van der Waals surface area contributed by atoms with E-state index in [-0.39, 0.29) is 5.02 Å². The molecule has 1 aromatic heterocycles. The summed E-state index contributed by atoms with van der Waals surface area (Å²) in [5.74, 6) is -0.692. The second kappa shape index (κ2) is 2.42. The van der Waals surface area contributed by atoms with Crippen LogP contribution in [0.4, 0.5) is 4.39 Å². The molecule has 1 aromatic rings. The number of aromatic nitrogens is 1. The third-order valence-electron chi connectivity index (χ3n) is 1.14. The van der Waals surface area contributed by atoms with Gasteiger partial charge in [-0.25, -0.2) is 0 Å². The molecular formula is C6H5ClFNO. The van der Waals surface area contributed by atoms with Gasteiger partial charge in [0.15, 0.2) is 5.69 Å². The number of rotatable bonds is 0. The lowest BCUT2D eigenvalue weighted by Gasteiger charge is -1.99. The van der Waals surface area contributed by atoms with Crippen molar-refractivity contribution in [2.75, 3.05) is 0 Å². The number of nitrogens with zero attached hydrogens (tertiary/aromatic N) is 1. The molecule has 0 saturated carbocycles. The van der Waals surface area contributed by atoms with Gasteiger partial charge in [0.25, 0.3) is 0 Å². The molecule has 0 fully saturated rings.